The Morgan fingerprint density at radius 2 is 1.94 bits per heavy atom. The molecule has 102 valence electrons. The molecule has 1 saturated heterocycles. The summed E-state index contributed by atoms with van der Waals surface area (Å²) >= 11 is 0. The van der Waals surface area contributed by atoms with Crippen LogP contribution < -0.4 is 0 Å². The fourth-order valence-corrected chi connectivity index (χ4v) is 2.12. The maximum absolute atomic E-state index is 11.3. The van der Waals surface area contributed by atoms with E-state index < -0.39 is 6.61 Å². The number of piperazine rings is 1. The molecule has 0 unspecified atom stereocenters. The van der Waals surface area contributed by atoms with Gasteiger partial charge in [0.15, 0.2) is 0 Å². The predicted octanol–water partition coefficient (Wildman–Crippen LogP) is 0.453. The molecule has 18 heavy (non-hydrogen) atoms. The molecule has 1 fully saturated rings. The van der Waals surface area contributed by atoms with Crippen LogP contribution in [-0.2, 0) is 4.79 Å². The lowest BCUT2D eigenvalue weighted by atomic mass is 9.90. The number of aliphatic hydroxyl groups excluding tert-OH is 1. The summed E-state index contributed by atoms with van der Waals surface area (Å²) in [7, 11) is 0. The van der Waals surface area contributed by atoms with Crippen molar-refractivity contribution in [1.82, 2.24) is 9.80 Å². The third-order valence-electron chi connectivity index (χ3n) is 3.44. The van der Waals surface area contributed by atoms with Crippen LogP contribution in [0.3, 0.4) is 0 Å². The van der Waals surface area contributed by atoms with E-state index in [1.54, 1.807) is 4.90 Å². The Bertz CT molecular complexity index is 315. The first-order valence-electron chi connectivity index (χ1n) is 6.51. The maximum atomic E-state index is 11.3. The van der Waals surface area contributed by atoms with Crippen LogP contribution in [-0.4, -0.2) is 60.1 Å². The largest absolute Gasteiger partial charge is 0.387 e. The van der Waals surface area contributed by atoms with Crippen molar-refractivity contribution < 1.29 is 9.90 Å². The standard InChI is InChI=1S/C13H23N3O2/c1-13(2,11-14)4-3-5-15-6-8-16(9-7-15)12(18)10-17/h17H,3-10H2,1-2H3. The van der Waals surface area contributed by atoms with Crippen LogP contribution in [0.25, 0.3) is 0 Å². The Morgan fingerprint density at radius 1 is 1.33 bits per heavy atom. The van der Waals surface area contributed by atoms with Gasteiger partial charge in [0, 0.05) is 26.2 Å². The van der Waals surface area contributed by atoms with Crippen LogP contribution in [0, 0.1) is 16.7 Å². The van der Waals surface area contributed by atoms with Gasteiger partial charge in [0.1, 0.15) is 6.61 Å². The van der Waals surface area contributed by atoms with E-state index in [0.717, 1.165) is 32.5 Å². The molecular formula is C13H23N3O2. The second-order valence-electron chi connectivity index (χ2n) is 5.48. The predicted molar refractivity (Wildman–Crippen MR) is 68.7 cm³/mol. The van der Waals surface area contributed by atoms with Gasteiger partial charge >= 0.3 is 0 Å². The Kier molecular flexibility index (Phi) is 5.57. The lowest BCUT2D eigenvalue weighted by Crippen LogP contribution is -2.49. The zero-order valence-electron chi connectivity index (χ0n) is 11.4. The first-order valence-corrected chi connectivity index (χ1v) is 6.51. The minimum atomic E-state index is -0.393. The van der Waals surface area contributed by atoms with Gasteiger partial charge in [-0.2, -0.15) is 5.26 Å². The number of hydrogen-bond acceptors (Lipinski definition) is 4. The van der Waals surface area contributed by atoms with E-state index in [4.69, 9.17) is 10.4 Å². The van der Waals surface area contributed by atoms with Crippen LogP contribution >= 0.6 is 0 Å². The molecule has 0 atom stereocenters. The maximum Gasteiger partial charge on any atom is 0.248 e. The minimum Gasteiger partial charge on any atom is -0.387 e. The summed E-state index contributed by atoms with van der Waals surface area (Å²) in [5.41, 5.74) is -0.241. The normalized spacial score (nSPS) is 17.6. The van der Waals surface area contributed by atoms with E-state index in [1.165, 1.54) is 0 Å². The van der Waals surface area contributed by atoms with E-state index in [1.807, 2.05) is 13.8 Å². The molecule has 1 amide bonds. The third-order valence-corrected chi connectivity index (χ3v) is 3.44. The van der Waals surface area contributed by atoms with Gasteiger partial charge < -0.3 is 10.0 Å². The first-order chi connectivity index (χ1) is 8.48. The van der Waals surface area contributed by atoms with Crippen LogP contribution in [0.1, 0.15) is 26.7 Å². The zero-order chi connectivity index (χ0) is 13.6. The average Bonchev–Trinajstić information content (AvgIpc) is 2.38. The summed E-state index contributed by atoms with van der Waals surface area (Å²) in [4.78, 5) is 15.3. The average molecular weight is 253 g/mol. The smallest absolute Gasteiger partial charge is 0.248 e. The summed E-state index contributed by atoms with van der Waals surface area (Å²) in [5, 5.41) is 17.7. The first kappa shape index (κ1) is 14.9. The third kappa shape index (κ3) is 4.63. The van der Waals surface area contributed by atoms with Crippen LogP contribution in [0.15, 0.2) is 0 Å². The molecule has 1 aliphatic rings. The molecule has 1 rings (SSSR count). The lowest BCUT2D eigenvalue weighted by Gasteiger charge is -2.34. The number of carbonyl (C=O) groups is 1. The van der Waals surface area contributed by atoms with Crippen molar-refractivity contribution in [2.75, 3.05) is 39.3 Å². The molecule has 5 nitrogen and oxygen atoms in total. The van der Waals surface area contributed by atoms with E-state index in [2.05, 4.69) is 11.0 Å². The summed E-state index contributed by atoms with van der Waals surface area (Å²) in [6, 6.07) is 2.31. The summed E-state index contributed by atoms with van der Waals surface area (Å²) in [6.07, 6.45) is 1.91. The molecule has 0 radical (unpaired) electrons. The molecule has 1 aliphatic heterocycles. The van der Waals surface area contributed by atoms with Crippen LogP contribution in [0.2, 0.25) is 0 Å². The van der Waals surface area contributed by atoms with Gasteiger partial charge in [-0.15, -0.1) is 0 Å². The molecule has 0 saturated carbocycles. The number of nitriles is 1. The molecule has 0 aromatic carbocycles. The van der Waals surface area contributed by atoms with Gasteiger partial charge in [0.05, 0.1) is 11.5 Å². The molecule has 0 aromatic heterocycles. The van der Waals surface area contributed by atoms with Gasteiger partial charge in [0.2, 0.25) is 5.91 Å². The monoisotopic (exact) mass is 253 g/mol. The number of rotatable bonds is 5. The van der Waals surface area contributed by atoms with E-state index >= 15 is 0 Å². The van der Waals surface area contributed by atoms with E-state index in [-0.39, 0.29) is 11.3 Å². The van der Waals surface area contributed by atoms with Crippen molar-refractivity contribution >= 4 is 5.91 Å². The SMILES string of the molecule is CC(C)(C#N)CCCN1CCN(C(=O)CO)CC1. The number of aliphatic hydroxyl groups is 1. The molecular weight excluding hydrogens is 230 g/mol. The van der Waals surface area contributed by atoms with Gasteiger partial charge in [-0.1, -0.05) is 0 Å². The molecule has 5 heteroatoms. The topological polar surface area (TPSA) is 67.6 Å². The number of amides is 1. The highest BCUT2D eigenvalue weighted by Gasteiger charge is 2.21. The molecule has 0 aromatic rings. The van der Waals surface area contributed by atoms with Crippen molar-refractivity contribution in [3.05, 3.63) is 0 Å². The van der Waals surface area contributed by atoms with Crippen LogP contribution in [0.4, 0.5) is 0 Å². The summed E-state index contributed by atoms with van der Waals surface area (Å²) < 4.78 is 0. The Hall–Kier alpha value is -1.12. The second kappa shape index (κ2) is 6.72. The quantitative estimate of drug-likeness (QED) is 0.772. The second-order valence-corrected chi connectivity index (χ2v) is 5.48. The van der Waals surface area contributed by atoms with E-state index in [9.17, 15) is 4.79 Å². The fourth-order valence-electron chi connectivity index (χ4n) is 2.12. The Labute approximate surface area is 109 Å². The zero-order valence-corrected chi connectivity index (χ0v) is 11.4. The van der Waals surface area contributed by atoms with Crippen molar-refractivity contribution in [3.8, 4) is 6.07 Å². The number of hydrogen-bond donors (Lipinski definition) is 1. The molecule has 1 N–H and O–H groups in total. The van der Waals surface area contributed by atoms with Gasteiger partial charge in [0.25, 0.3) is 0 Å². The number of nitrogens with zero attached hydrogens (tertiary/aromatic N) is 3. The Morgan fingerprint density at radius 3 is 2.44 bits per heavy atom. The van der Waals surface area contributed by atoms with Crippen molar-refractivity contribution in [1.29, 1.82) is 5.26 Å². The van der Waals surface area contributed by atoms with E-state index in [0.29, 0.717) is 13.1 Å². The van der Waals surface area contributed by atoms with Crippen molar-refractivity contribution in [2.24, 2.45) is 5.41 Å². The molecule has 0 aliphatic carbocycles. The highest BCUT2D eigenvalue weighted by atomic mass is 16.3. The van der Waals surface area contributed by atoms with Crippen LogP contribution in [0.5, 0.6) is 0 Å². The lowest BCUT2D eigenvalue weighted by molar-refractivity contribution is -0.135. The van der Waals surface area contributed by atoms with Crippen molar-refractivity contribution in [2.45, 2.75) is 26.7 Å². The number of carbonyl (C=O) groups excluding carboxylic acids is 1. The summed E-state index contributed by atoms with van der Waals surface area (Å²) in [6.45, 7) is 7.62. The van der Waals surface area contributed by atoms with Crippen molar-refractivity contribution in [3.63, 3.8) is 0 Å². The Balaban J connectivity index is 2.21. The fraction of sp³-hybridized carbons (Fsp3) is 0.846. The van der Waals surface area contributed by atoms with Gasteiger partial charge in [-0.3, -0.25) is 9.69 Å². The summed E-state index contributed by atoms with van der Waals surface area (Å²) in [5.74, 6) is -0.180. The van der Waals surface area contributed by atoms with Gasteiger partial charge in [-0.25, -0.2) is 0 Å². The van der Waals surface area contributed by atoms with Gasteiger partial charge in [-0.05, 0) is 33.2 Å². The minimum absolute atomic E-state index is 0.180. The molecule has 0 spiro atoms. The molecule has 0 bridgehead atoms. The molecule has 1 heterocycles. The highest BCUT2D eigenvalue weighted by Crippen LogP contribution is 2.20. The highest BCUT2D eigenvalue weighted by molar-refractivity contribution is 5.77.